The number of H-pyrrole nitrogens is 1. The summed E-state index contributed by atoms with van der Waals surface area (Å²) in [7, 11) is 0. The molecule has 152 valence electrons. The largest absolute Gasteiger partial charge is 0.379 e. The van der Waals surface area contributed by atoms with Crippen LogP contribution in [0.3, 0.4) is 0 Å². The number of nitrogens with one attached hydrogen (secondary N) is 1. The fourth-order valence-corrected chi connectivity index (χ4v) is 4.16. The van der Waals surface area contributed by atoms with Crippen molar-refractivity contribution in [1.82, 2.24) is 14.8 Å². The van der Waals surface area contributed by atoms with Gasteiger partial charge in [0.2, 0.25) is 5.91 Å². The number of halogens is 1. The monoisotopic (exact) mass is 389 g/mol. The number of rotatable bonds is 4. The lowest BCUT2D eigenvalue weighted by Crippen LogP contribution is -2.46. The third kappa shape index (κ3) is 4.21. The molecule has 3 heterocycles. The zero-order valence-corrected chi connectivity index (χ0v) is 16.4. The van der Waals surface area contributed by atoms with Gasteiger partial charge in [0.15, 0.2) is 0 Å². The summed E-state index contributed by atoms with van der Waals surface area (Å²) < 4.78 is 25.5. The molecule has 0 bridgehead atoms. The van der Waals surface area contributed by atoms with E-state index in [1.165, 1.54) is 6.07 Å². The number of nitrogens with zero attached hydrogens (tertiary/aromatic N) is 2. The van der Waals surface area contributed by atoms with E-state index < -0.39 is 0 Å². The van der Waals surface area contributed by atoms with Crippen LogP contribution in [0, 0.1) is 12.7 Å². The molecule has 4 rings (SSSR count). The SMILES string of the molecule is Cc1[nH]c2c(F)cccc2c1CC(=O)N1CCCO[C@H](CN2CCOCC2)C1. The Kier molecular flexibility index (Phi) is 5.94. The van der Waals surface area contributed by atoms with Crippen molar-refractivity contribution in [2.45, 2.75) is 25.9 Å². The van der Waals surface area contributed by atoms with Crippen molar-refractivity contribution < 1.29 is 18.7 Å². The van der Waals surface area contributed by atoms with Crippen molar-refractivity contribution in [2.75, 3.05) is 52.5 Å². The summed E-state index contributed by atoms with van der Waals surface area (Å²) in [5.74, 6) is -0.209. The van der Waals surface area contributed by atoms with Crippen LogP contribution in [0.15, 0.2) is 18.2 Å². The molecule has 1 aromatic heterocycles. The normalized spacial score (nSPS) is 21.8. The van der Waals surface area contributed by atoms with E-state index in [0.717, 1.165) is 55.9 Å². The van der Waals surface area contributed by atoms with E-state index in [9.17, 15) is 9.18 Å². The molecule has 2 aliphatic heterocycles. The number of para-hydroxylation sites is 1. The van der Waals surface area contributed by atoms with Crippen LogP contribution in [0.2, 0.25) is 0 Å². The van der Waals surface area contributed by atoms with E-state index in [1.807, 2.05) is 17.9 Å². The number of amides is 1. The van der Waals surface area contributed by atoms with E-state index in [2.05, 4.69) is 9.88 Å². The van der Waals surface area contributed by atoms with Crippen LogP contribution in [0.25, 0.3) is 10.9 Å². The molecular formula is C21H28FN3O3. The minimum absolute atomic E-state index is 0.0195. The summed E-state index contributed by atoms with van der Waals surface area (Å²) in [5, 5.41) is 0.793. The zero-order chi connectivity index (χ0) is 19.5. The second-order valence-corrected chi connectivity index (χ2v) is 7.67. The lowest BCUT2D eigenvalue weighted by atomic mass is 10.1. The van der Waals surface area contributed by atoms with E-state index in [-0.39, 0.29) is 24.2 Å². The number of benzene rings is 1. The minimum atomic E-state index is -0.284. The van der Waals surface area contributed by atoms with Gasteiger partial charge in [-0.05, 0) is 25.0 Å². The summed E-state index contributed by atoms with van der Waals surface area (Å²) in [6.45, 7) is 8.04. The first kappa shape index (κ1) is 19.4. The van der Waals surface area contributed by atoms with Gasteiger partial charge in [-0.3, -0.25) is 9.69 Å². The summed E-state index contributed by atoms with van der Waals surface area (Å²) in [4.78, 5) is 20.4. The number of carbonyl (C=O) groups excluding carboxylic acids is 1. The molecule has 0 spiro atoms. The van der Waals surface area contributed by atoms with Crippen molar-refractivity contribution in [2.24, 2.45) is 0 Å². The number of carbonyl (C=O) groups is 1. The summed E-state index contributed by atoms with van der Waals surface area (Å²) in [5.41, 5.74) is 2.21. The molecular weight excluding hydrogens is 361 g/mol. The number of hydrogen-bond acceptors (Lipinski definition) is 4. The maximum Gasteiger partial charge on any atom is 0.227 e. The number of hydrogen-bond donors (Lipinski definition) is 1. The fourth-order valence-electron chi connectivity index (χ4n) is 4.16. The van der Waals surface area contributed by atoms with Gasteiger partial charge in [0, 0.05) is 50.4 Å². The zero-order valence-electron chi connectivity index (χ0n) is 16.4. The highest BCUT2D eigenvalue weighted by molar-refractivity contribution is 5.90. The van der Waals surface area contributed by atoms with Crippen LogP contribution < -0.4 is 0 Å². The van der Waals surface area contributed by atoms with Crippen LogP contribution in [0.4, 0.5) is 4.39 Å². The van der Waals surface area contributed by atoms with E-state index in [4.69, 9.17) is 9.47 Å². The number of morpholine rings is 1. The average Bonchev–Trinajstić information content (AvgIpc) is 2.87. The van der Waals surface area contributed by atoms with Crippen LogP contribution in [0.5, 0.6) is 0 Å². The van der Waals surface area contributed by atoms with E-state index >= 15 is 0 Å². The summed E-state index contributed by atoms with van der Waals surface area (Å²) in [6, 6.07) is 5.00. The van der Waals surface area contributed by atoms with Gasteiger partial charge in [-0.15, -0.1) is 0 Å². The molecule has 2 fully saturated rings. The lowest BCUT2D eigenvalue weighted by molar-refractivity contribution is -0.131. The Morgan fingerprint density at radius 2 is 2.07 bits per heavy atom. The van der Waals surface area contributed by atoms with Gasteiger partial charge >= 0.3 is 0 Å². The second-order valence-electron chi connectivity index (χ2n) is 7.67. The van der Waals surface area contributed by atoms with Crippen LogP contribution in [-0.2, 0) is 20.7 Å². The van der Waals surface area contributed by atoms with Crippen molar-refractivity contribution in [3.8, 4) is 0 Å². The molecule has 0 unspecified atom stereocenters. The van der Waals surface area contributed by atoms with Crippen molar-refractivity contribution in [1.29, 1.82) is 0 Å². The quantitative estimate of drug-likeness (QED) is 0.870. The molecule has 1 amide bonds. The molecule has 28 heavy (non-hydrogen) atoms. The maximum atomic E-state index is 14.0. The first-order chi connectivity index (χ1) is 13.6. The number of aryl methyl sites for hydroxylation is 1. The number of aromatic nitrogens is 1. The van der Waals surface area contributed by atoms with Gasteiger partial charge in [0.1, 0.15) is 5.82 Å². The number of aromatic amines is 1. The van der Waals surface area contributed by atoms with E-state index in [1.54, 1.807) is 6.07 Å². The Balaban J connectivity index is 1.45. The predicted molar refractivity (Wildman–Crippen MR) is 105 cm³/mol. The van der Waals surface area contributed by atoms with Gasteiger partial charge < -0.3 is 19.4 Å². The topological polar surface area (TPSA) is 57.8 Å². The average molecular weight is 389 g/mol. The second kappa shape index (κ2) is 8.59. The van der Waals surface area contributed by atoms with Gasteiger partial charge in [-0.1, -0.05) is 12.1 Å². The predicted octanol–water partition coefficient (Wildman–Crippen LogP) is 2.11. The standard InChI is InChI=1S/C21H28FN3O3/c1-15-18(17-4-2-5-19(22)21(17)23-15)12-20(26)25-6-3-9-28-16(14-25)13-24-7-10-27-11-8-24/h2,4-5,16,23H,3,6-14H2,1H3/t16-/m1/s1. The Bertz CT molecular complexity index is 832. The maximum absolute atomic E-state index is 14.0. The van der Waals surface area contributed by atoms with Crippen molar-refractivity contribution >= 4 is 16.8 Å². The van der Waals surface area contributed by atoms with E-state index in [0.29, 0.717) is 25.2 Å². The van der Waals surface area contributed by atoms with Gasteiger partial charge in [0.05, 0.1) is 31.3 Å². The first-order valence-electron chi connectivity index (χ1n) is 10.1. The summed E-state index contributed by atoms with van der Waals surface area (Å²) >= 11 is 0. The third-order valence-electron chi connectivity index (χ3n) is 5.70. The highest BCUT2D eigenvalue weighted by Gasteiger charge is 2.26. The number of fused-ring (bicyclic) bond motifs is 1. The molecule has 1 aromatic carbocycles. The highest BCUT2D eigenvalue weighted by Crippen LogP contribution is 2.25. The minimum Gasteiger partial charge on any atom is -0.379 e. The van der Waals surface area contributed by atoms with Crippen LogP contribution in [-0.4, -0.2) is 79.3 Å². The molecule has 1 N–H and O–H groups in total. The summed E-state index contributed by atoms with van der Waals surface area (Å²) in [6.07, 6.45) is 1.14. The molecule has 0 saturated carbocycles. The fraction of sp³-hybridized carbons (Fsp3) is 0.571. The molecule has 0 radical (unpaired) electrons. The molecule has 2 aliphatic rings. The molecule has 7 heteroatoms. The van der Waals surface area contributed by atoms with Crippen LogP contribution in [0.1, 0.15) is 17.7 Å². The first-order valence-corrected chi connectivity index (χ1v) is 10.1. The van der Waals surface area contributed by atoms with Gasteiger partial charge in [-0.25, -0.2) is 4.39 Å². The Morgan fingerprint density at radius 3 is 2.89 bits per heavy atom. The highest BCUT2D eigenvalue weighted by atomic mass is 19.1. The molecule has 6 nitrogen and oxygen atoms in total. The van der Waals surface area contributed by atoms with Crippen LogP contribution >= 0.6 is 0 Å². The van der Waals surface area contributed by atoms with Gasteiger partial charge in [-0.2, -0.15) is 0 Å². The Labute approximate surface area is 164 Å². The number of ether oxygens (including phenoxy) is 2. The van der Waals surface area contributed by atoms with Crippen molar-refractivity contribution in [3.05, 3.63) is 35.3 Å². The smallest absolute Gasteiger partial charge is 0.227 e. The lowest BCUT2D eigenvalue weighted by Gasteiger charge is -2.31. The Hall–Kier alpha value is -1.96. The molecule has 0 aliphatic carbocycles. The molecule has 1 atom stereocenters. The van der Waals surface area contributed by atoms with Crippen molar-refractivity contribution in [3.63, 3.8) is 0 Å². The van der Waals surface area contributed by atoms with Gasteiger partial charge in [0.25, 0.3) is 0 Å². The molecule has 2 aromatic rings. The molecule has 2 saturated heterocycles. The third-order valence-corrected chi connectivity index (χ3v) is 5.70. The Morgan fingerprint density at radius 1 is 1.25 bits per heavy atom.